The third-order valence-electron chi connectivity index (χ3n) is 4.27. The van der Waals surface area contributed by atoms with Gasteiger partial charge in [-0.1, -0.05) is 13.8 Å². The van der Waals surface area contributed by atoms with E-state index in [2.05, 4.69) is 5.32 Å². The van der Waals surface area contributed by atoms with Gasteiger partial charge in [0.1, 0.15) is 0 Å². The number of aliphatic hydroxyl groups excluding tert-OH is 1. The average molecular weight is 306 g/mol. The molecular weight excluding hydrogens is 280 g/mol. The standard InChI is InChI=1S/C13H26N2O4S/c1-4-13(5-2,10-16)14-12(17)11-7-6-8-15(9-11)20(3,18)19/h11,16H,4-10H2,1-3H3,(H,14,17). The molecule has 0 saturated carbocycles. The first-order chi connectivity index (χ1) is 9.28. The lowest BCUT2D eigenvalue weighted by Gasteiger charge is -2.35. The fraction of sp³-hybridized carbons (Fsp3) is 0.923. The second kappa shape index (κ2) is 6.87. The average Bonchev–Trinajstić information content (AvgIpc) is 2.44. The molecule has 0 aromatic rings. The molecule has 1 atom stereocenters. The van der Waals surface area contributed by atoms with Crippen molar-refractivity contribution < 1.29 is 18.3 Å². The normalized spacial score (nSPS) is 21.7. The molecule has 118 valence electrons. The molecule has 0 spiro atoms. The van der Waals surface area contributed by atoms with Crippen molar-refractivity contribution in [3.05, 3.63) is 0 Å². The Balaban J connectivity index is 2.72. The fourth-order valence-electron chi connectivity index (χ4n) is 2.51. The van der Waals surface area contributed by atoms with Crippen LogP contribution in [0.2, 0.25) is 0 Å². The van der Waals surface area contributed by atoms with Crippen LogP contribution in [0.25, 0.3) is 0 Å². The topological polar surface area (TPSA) is 86.7 Å². The van der Waals surface area contributed by atoms with Crippen molar-refractivity contribution >= 4 is 15.9 Å². The molecule has 2 N–H and O–H groups in total. The lowest BCUT2D eigenvalue weighted by molar-refractivity contribution is -0.128. The van der Waals surface area contributed by atoms with Gasteiger partial charge < -0.3 is 10.4 Å². The molecule has 0 bridgehead atoms. The summed E-state index contributed by atoms with van der Waals surface area (Å²) in [4.78, 5) is 12.3. The van der Waals surface area contributed by atoms with E-state index in [1.165, 1.54) is 10.6 Å². The predicted molar refractivity (Wildman–Crippen MR) is 77.7 cm³/mol. The molecule has 1 fully saturated rings. The minimum atomic E-state index is -3.25. The van der Waals surface area contributed by atoms with Crippen LogP contribution >= 0.6 is 0 Å². The number of piperidine rings is 1. The quantitative estimate of drug-likeness (QED) is 0.740. The fourth-order valence-corrected chi connectivity index (χ4v) is 3.42. The van der Waals surface area contributed by atoms with Crippen molar-refractivity contribution in [3.8, 4) is 0 Å². The van der Waals surface area contributed by atoms with Gasteiger partial charge in [-0.25, -0.2) is 12.7 Å². The van der Waals surface area contributed by atoms with Crippen LogP contribution in [0.5, 0.6) is 0 Å². The summed E-state index contributed by atoms with van der Waals surface area (Å²) in [5, 5.41) is 12.4. The number of aliphatic hydroxyl groups is 1. The summed E-state index contributed by atoms with van der Waals surface area (Å²) in [6, 6.07) is 0. The van der Waals surface area contributed by atoms with Crippen molar-refractivity contribution in [1.82, 2.24) is 9.62 Å². The number of carbonyl (C=O) groups excluding carboxylic acids is 1. The third kappa shape index (κ3) is 4.17. The molecule has 1 saturated heterocycles. The number of amides is 1. The van der Waals surface area contributed by atoms with Crippen molar-refractivity contribution in [3.63, 3.8) is 0 Å². The van der Waals surface area contributed by atoms with Crippen molar-refractivity contribution in [2.45, 2.75) is 45.1 Å². The van der Waals surface area contributed by atoms with Crippen molar-refractivity contribution in [2.75, 3.05) is 26.0 Å². The van der Waals surface area contributed by atoms with E-state index in [4.69, 9.17) is 0 Å². The summed E-state index contributed by atoms with van der Waals surface area (Å²) in [7, 11) is -3.25. The Morgan fingerprint density at radius 3 is 2.45 bits per heavy atom. The van der Waals surface area contributed by atoms with E-state index in [0.29, 0.717) is 32.2 Å². The largest absolute Gasteiger partial charge is 0.394 e. The van der Waals surface area contributed by atoms with E-state index in [1.54, 1.807) is 0 Å². The number of carbonyl (C=O) groups is 1. The van der Waals surface area contributed by atoms with Gasteiger partial charge in [-0.2, -0.15) is 0 Å². The van der Waals surface area contributed by atoms with E-state index in [9.17, 15) is 18.3 Å². The summed E-state index contributed by atoms with van der Waals surface area (Å²) in [6.07, 6.45) is 3.84. The van der Waals surface area contributed by atoms with Gasteiger partial charge in [-0.05, 0) is 25.7 Å². The van der Waals surface area contributed by atoms with Crippen LogP contribution in [0.4, 0.5) is 0 Å². The summed E-state index contributed by atoms with van der Waals surface area (Å²) in [5.41, 5.74) is -0.593. The van der Waals surface area contributed by atoms with Crippen molar-refractivity contribution in [1.29, 1.82) is 0 Å². The summed E-state index contributed by atoms with van der Waals surface area (Å²) < 4.78 is 24.5. The smallest absolute Gasteiger partial charge is 0.224 e. The van der Waals surface area contributed by atoms with Gasteiger partial charge >= 0.3 is 0 Å². The Morgan fingerprint density at radius 2 is 2.00 bits per heavy atom. The number of hydrogen-bond acceptors (Lipinski definition) is 4. The number of sulfonamides is 1. The Hall–Kier alpha value is -0.660. The second-order valence-electron chi connectivity index (χ2n) is 5.59. The van der Waals surface area contributed by atoms with E-state index >= 15 is 0 Å². The van der Waals surface area contributed by atoms with E-state index in [1.807, 2.05) is 13.8 Å². The van der Waals surface area contributed by atoms with Crippen LogP contribution in [0.3, 0.4) is 0 Å². The summed E-state index contributed by atoms with van der Waals surface area (Å²) in [6.45, 7) is 4.45. The molecular formula is C13H26N2O4S. The van der Waals surface area contributed by atoms with Gasteiger partial charge in [0.15, 0.2) is 0 Å². The van der Waals surface area contributed by atoms with Gasteiger partial charge in [0.05, 0.1) is 24.3 Å². The Kier molecular flexibility index (Phi) is 5.97. The second-order valence-corrected chi connectivity index (χ2v) is 7.58. The molecule has 1 amide bonds. The first kappa shape index (κ1) is 17.4. The van der Waals surface area contributed by atoms with Gasteiger partial charge in [0.2, 0.25) is 15.9 Å². The molecule has 1 aliphatic heterocycles. The third-order valence-corrected chi connectivity index (χ3v) is 5.54. The maximum Gasteiger partial charge on any atom is 0.224 e. The van der Waals surface area contributed by atoms with Crippen molar-refractivity contribution in [2.24, 2.45) is 5.92 Å². The minimum Gasteiger partial charge on any atom is -0.394 e. The van der Waals surface area contributed by atoms with Crippen LogP contribution in [0, 0.1) is 5.92 Å². The molecule has 1 aliphatic rings. The Morgan fingerprint density at radius 1 is 1.40 bits per heavy atom. The van der Waals surface area contributed by atoms with E-state index < -0.39 is 15.6 Å². The van der Waals surface area contributed by atoms with Gasteiger partial charge in [0, 0.05) is 13.1 Å². The maximum atomic E-state index is 12.3. The van der Waals surface area contributed by atoms with Gasteiger partial charge in [-0.15, -0.1) is 0 Å². The lowest BCUT2D eigenvalue weighted by atomic mass is 9.91. The Bertz CT molecular complexity index is 423. The highest BCUT2D eigenvalue weighted by molar-refractivity contribution is 7.88. The molecule has 0 aliphatic carbocycles. The highest BCUT2D eigenvalue weighted by Crippen LogP contribution is 2.21. The molecule has 0 aromatic heterocycles. The summed E-state index contributed by atoms with van der Waals surface area (Å²) >= 11 is 0. The molecule has 1 rings (SSSR count). The highest BCUT2D eigenvalue weighted by atomic mass is 32.2. The maximum absolute atomic E-state index is 12.3. The van der Waals surface area contributed by atoms with E-state index in [0.717, 1.165) is 0 Å². The van der Waals surface area contributed by atoms with Gasteiger partial charge in [-0.3, -0.25) is 4.79 Å². The van der Waals surface area contributed by atoms with Crippen LogP contribution in [0.1, 0.15) is 39.5 Å². The zero-order chi connectivity index (χ0) is 15.4. The van der Waals surface area contributed by atoms with E-state index in [-0.39, 0.29) is 25.0 Å². The predicted octanol–water partition coefficient (Wildman–Crippen LogP) is 0.325. The molecule has 20 heavy (non-hydrogen) atoms. The number of nitrogens with zero attached hydrogens (tertiary/aromatic N) is 1. The highest BCUT2D eigenvalue weighted by Gasteiger charge is 2.34. The minimum absolute atomic E-state index is 0.103. The van der Waals surface area contributed by atoms with Crippen LogP contribution < -0.4 is 5.32 Å². The molecule has 1 unspecified atom stereocenters. The van der Waals surface area contributed by atoms with Crippen LogP contribution in [-0.2, 0) is 14.8 Å². The molecule has 0 radical (unpaired) electrons. The Labute approximate surface area is 121 Å². The van der Waals surface area contributed by atoms with Gasteiger partial charge in [0.25, 0.3) is 0 Å². The SMILES string of the molecule is CCC(CC)(CO)NC(=O)C1CCCN(S(C)(=O)=O)C1. The zero-order valence-electron chi connectivity index (χ0n) is 12.6. The monoisotopic (exact) mass is 306 g/mol. The lowest BCUT2D eigenvalue weighted by Crippen LogP contribution is -2.54. The number of rotatable bonds is 6. The number of hydrogen-bond donors (Lipinski definition) is 2. The molecule has 7 heteroatoms. The molecule has 6 nitrogen and oxygen atoms in total. The van der Waals surface area contributed by atoms with Crippen LogP contribution in [-0.4, -0.2) is 55.2 Å². The van der Waals surface area contributed by atoms with Crippen LogP contribution in [0.15, 0.2) is 0 Å². The summed E-state index contributed by atoms with van der Waals surface area (Å²) in [5.74, 6) is -0.487. The molecule has 1 heterocycles. The number of nitrogens with one attached hydrogen (secondary N) is 1. The first-order valence-electron chi connectivity index (χ1n) is 7.16. The first-order valence-corrected chi connectivity index (χ1v) is 9.01. The molecule has 0 aromatic carbocycles. The zero-order valence-corrected chi connectivity index (χ0v) is 13.4.